The molecule has 1 aliphatic rings. The maximum atomic E-state index is 13.9. The van der Waals surface area contributed by atoms with E-state index in [0.29, 0.717) is 0 Å². The summed E-state index contributed by atoms with van der Waals surface area (Å²) in [7, 11) is 0. The Morgan fingerprint density at radius 3 is 2.56 bits per heavy atom. The predicted octanol–water partition coefficient (Wildman–Crippen LogP) is 3.97. The zero-order valence-corrected chi connectivity index (χ0v) is 17.2. The molecule has 0 unspecified atom stereocenters. The molecular weight excluding hydrogens is 375 g/mol. The summed E-state index contributed by atoms with van der Waals surface area (Å²) in [6.07, 6.45) is -0.899. The van der Waals surface area contributed by atoms with Crippen LogP contribution in [0.3, 0.4) is 0 Å². The summed E-state index contributed by atoms with van der Waals surface area (Å²) in [5, 5.41) is 2.67. The van der Waals surface area contributed by atoms with E-state index in [4.69, 9.17) is 21.1 Å². The molecular formula is C19H26ClFN2O4. The van der Waals surface area contributed by atoms with E-state index in [-0.39, 0.29) is 23.2 Å². The minimum atomic E-state index is -0.910. The summed E-state index contributed by atoms with van der Waals surface area (Å²) in [4.78, 5) is 26.6. The molecule has 0 saturated carbocycles. The average Bonchev–Trinajstić information content (AvgIpc) is 2.71. The molecule has 1 aromatic carbocycles. The van der Waals surface area contributed by atoms with Crippen molar-refractivity contribution in [1.82, 2.24) is 10.2 Å². The fourth-order valence-electron chi connectivity index (χ4n) is 3.12. The zero-order chi connectivity index (χ0) is 20.6. The van der Waals surface area contributed by atoms with Crippen LogP contribution in [-0.2, 0) is 9.47 Å². The number of ether oxygens (including phenoxy) is 2. The van der Waals surface area contributed by atoms with E-state index >= 15 is 0 Å². The number of nitrogens with zero attached hydrogens (tertiary/aromatic N) is 1. The molecule has 1 aliphatic heterocycles. The molecule has 0 aliphatic carbocycles. The van der Waals surface area contributed by atoms with Crippen LogP contribution in [-0.4, -0.2) is 46.9 Å². The lowest BCUT2D eigenvalue weighted by Crippen LogP contribution is -2.53. The van der Waals surface area contributed by atoms with Crippen LogP contribution in [0, 0.1) is 5.82 Å². The van der Waals surface area contributed by atoms with Gasteiger partial charge in [-0.15, -0.1) is 0 Å². The Bertz CT molecular complexity index is 713. The van der Waals surface area contributed by atoms with Crippen LogP contribution < -0.4 is 5.32 Å². The molecule has 1 heterocycles. The molecule has 2 amide bonds. The third-order valence-electron chi connectivity index (χ3n) is 4.18. The van der Waals surface area contributed by atoms with Crippen LogP contribution in [0.2, 0.25) is 5.02 Å². The van der Waals surface area contributed by atoms with E-state index in [2.05, 4.69) is 5.32 Å². The number of benzene rings is 1. The highest BCUT2D eigenvalue weighted by Gasteiger charge is 2.49. The number of carbonyl (C=O) groups is 2. The fraction of sp³-hybridized carbons (Fsp3) is 0.579. The van der Waals surface area contributed by atoms with Crippen molar-refractivity contribution in [2.45, 2.75) is 65.0 Å². The van der Waals surface area contributed by atoms with Gasteiger partial charge in [-0.2, -0.15) is 0 Å². The third-order valence-corrected chi connectivity index (χ3v) is 4.49. The van der Waals surface area contributed by atoms with Crippen molar-refractivity contribution < 1.29 is 23.5 Å². The van der Waals surface area contributed by atoms with Crippen molar-refractivity contribution >= 4 is 23.6 Å². The number of rotatable bonds is 3. The molecule has 0 aromatic heterocycles. The summed E-state index contributed by atoms with van der Waals surface area (Å²) < 4.78 is 25.3. The highest BCUT2D eigenvalue weighted by atomic mass is 35.5. The fourth-order valence-corrected chi connectivity index (χ4v) is 3.37. The Morgan fingerprint density at radius 2 is 2.00 bits per heavy atom. The van der Waals surface area contributed by atoms with Gasteiger partial charge in [-0.25, -0.2) is 9.18 Å². The van der Waals surface area contributed by atoms with Gasteiger partial charge in [0.05, 0.1) is 22.7 Å². The van der Waals surface area contributed by atoms with Gasteiger partial charge in [0.2, 0.25) is 0 Å². The van der Waals surface area contributed by atoms with Crippen molar-refractivity contribution in [2.75, 3.05) is 6.54 Å². The van der Waals surface area contributed by atoms with Gasteiger partial charge in [0.15, 0.2) is 0 Å². The first-order valence-corrected chi connectivity index (χ1v) is 9.13. The molecule has 0 radical (unpaired) electrons. The summed E-state index contributed by atoms with van der Waals surface area (Å²) in [5.41, 5.74) is -1.81. The van der Waals surface area contributed by atoms with E-state index < -0.39 is 35.2 Å². The van der Waals surface area contributed by atoms with E-state index in [1.165, 1.54) is 17.0 Å². The molecule has 0 bridgehead atoms. The number of carbonyl (C=O) groups excluding carboxylic acids is 2. The van der Waals surface area contributed by atoms with Crippen LogP contribution in [0.5, 0.6) is 0 Å². The van der Waals surface area contributed by atoms with E-state index in [1.54, 1.807) is 41.5 Å². The van der Waals surface area contributed by atoms with E-state index in [0.717, 1.165) is 6.07 Å². The van der Waals surface area contributed by atoms with Crippen LogP contribution >= 0.6 is 11.6 Å². The largest absolute Gasteiger partial charge is 0.444 e. The topological polar surface area (TPSA) is 67.9 Å². The lowest BCUT2D eigenvalue weighted by molar-refractivity contribution is -0.0756. The SMILES string of the molecule is C[C@@H]1OC(C)(C)N(C(=O)OC(C)(C)C)[C@@H]1CNC(=O)c1c(F)cccc1Cl. The van der Waals surface area contributed by atoms with Gasteiger partial charge in [-0.1, -0.05) is 17.7 Å². The molecule has 150 valence electrons. The number of amides is 2. The Balaban J connectivity index is 2.17. The van der Waals surface area contributed by atoms with Crippen molar-refractivity contribution in [1.29, 1.82) is 0 Å². The maximum absolute atomic E-state index is 13.9. The van der Waals surface area contributed by atoms with Gasteiger partial charge in [0, 0.05) is 6.54 Å². The number of nitrogens with one attached hydrogen (secondary N) is 1. The van der Waals surface area contributed by atoms with Gasteiger partial charge >= 0.3 is 6.09 Å². The van der Waals surface area contributed by atoms with E-state index in [9.17, 15) is 14.0 Å². The monoisotopic (exact) mass is 400 g/mol. The highest BCUT2D eigenvalue weighted by Crippen LogP contribution is 2.33. The molecule has 27 heavy (non-hydrogen) atoms. The molecule has 8 heteroatoms. The van der Waals surface area contributed by atoms with Crippen LogP contribution in [0.4, 0.5) is 9.18 Å². The zero-order valence-electron chi connectivity index (χ0n) is 16.4. The van der Waals surface area contributed by atoms with Gasteiger partial charge in [0.1, 0.15) is 17.1 Å². The van der Waals surface area contributed by atoms with Crippen LogP contribution in [0.15, 0.2) is 18.2 Å². The second-order valence-electron chi connectivity index (χ2n) is 7.99. The quantitative estimate of drug-likeness (QED) is 0.833. The van der Waals surface area contributed by atoms with Gasteiger partial charge in [-0.3, -0.25) is 9.69 Å². The molecule has 1 fully saturated rings. The summed E-state index contributed by atoms with van der Waals surface area (Å²) in [5.74, 6) is -1.36. The maximum Gasteiger partial charge on any atom is 0.412 e. The minimum Gasteiger partial charge on any atom is -0.444 e. The smallest absolute Gasteiger partial charge is 0.412 e. The van der Waals surface area contributed by atoms with Gasteiger partial charge < -0.3 is 14.8 Å². The normalized spacial score (nSPS) is 21.9. The molecule has 6 nitrogen and oxygen atoms in total. The number of hydrogen-bond donors (Lipinski definition) is 1. The molecule has 1 saturated heterocycles. The van der Waals surface area contributed by atoms with Crippen molar-refractivity contribution in [2.24, 2.45) is 0 Å². The molecule has 2 rings (SSSR count). The van der Waals surface area contributed by atoms with Crippen molar-refractivity contribution in [3.05, 3.63) is 34.6 Å². The lowest BCUT2D eigenvalue weighted by Gasteiger charge is -2.35. The second kappa shape index (κ2) is 7.64. The molecule has 0 spiro atoms. The molecule has 2 atom stereocenters. The standard InChI is InChI=1S/C19H26ClFN2O4/c1-11-14(10-22-16(24)15-12(20)8-7-9-13(15)21)23(19(5,6)26-11)17(25)27-18(2,3)4/h7-9,11,14H,10H2,1-6H3,(H,22,24)/t11-,14+/m0/s1. The number of hydrogen-bond acceptors (Lipinski definition) is 4. The van der Waals surface area contributed by atoms with Crippen LogP contribution in [0.25, 0.3) is 0 Å². The lowest BCUT2D eigenvalue weighted by atomic mass is 10.1. The van der Waals surface area contributed by atoms with E-state index in [1.807, 2.05) is 0 Å². The summed E-state index contributed by atoms with van der Waals surface area (Å²) in [6.45, 7) is 10.7. The first-order chi connectivity index (χ1) is 12.3. The third kappa shape index (κ3) is 4.90. The number of halogens is 2. The first kappa shape index (κ1) is 21.4. The van der Waals surface area contributed by atoms with Crippen LogP contribution in [0.1, 0.15) is 51.9 Å². The molecule has 1 aromatic rings. The van der Waals surface area contributed by atoms with Crippen molar-refractivity contribution in [3.8, 4) is 0 Å². The van der Waals surface area contributed by atoms with Crippen molar-refractivity contribution in [3.63, 3.8) is 0 Å². The summed E-state index contributed by atoms with van der Waals surface area (Å²) in [6, 6.07) is 3.55. The predicted molar refractivity (Wildman–Crippen MR) is 100 cm³/mol. The molecule has 1 N–H and O–H groups in total. The Hall–Kier alpha value is -1.86. The summed E-state index contributed by atoms with van der Waals surface area (Å²) >= 11 is 5.94. The average molecular weight is 401 g/mol. The first-order valence-electron chi connectivity index (χ1n) is 8.76. The van der Waals surface area contributed by atoms with Gasteiger partial charge in [0.25, 0.3) is 5.91 Å². The Morgan fingerprint density at radius 1 is 1.37 bits per heavy atom. The highest BCUT2D eigenvalue weighted by molar-refractivity contribution is 6.33. The van der Waals surface area contributed by atoms with Gasteiger partial charge in [-0.05, 0) is 53.7 Å². The Kier molecular flexibility index (Phi) is 6.06. The second-order valence-corrected chi connectivity index (χ2v) is 8.40. The minimum absolute atomic E-state index is 0.0209. The Labute approximate surface area is 163 Å².